The van der Waals surface area contributed by atoms with Crippen LogP contribution in [-0.2, 0) is 11.3 Å². The molecule has 0 saturated carbocycles. The molecular formula is C20H28FIN4O. The van der Waals surface area contributed by atoms with Crippen LogP contribution in [-0.4, -0.2) is 30.6 Å². The number of nitrogens with one attached hydrogen (secondary N) is 2. The van der Waals surface area contributed by atoms with E-state index in [4.69, 9.17) is 4.74 Å². The van der Waals surface area contributed by atoms with Gasteiger partial charge >= 0.3 is 0 Å². The van der Waals surface area contributed by atoms with Crippen molar-refractivity contribution in [3.8, 4) is 0 Å². The van der Waals surface area contributed by atoms with E-state index in [0.717, 1.165) is 19.5 Å². The van der Waals surface area contributed by atoms with E-state index in [9.17, 15) is 4.39 Å². The highest BCUT2D eigenvalue weighted by Gasteiger charge is 2.05. The van der Waals surface area contributed by atoms with Crippen molar-refractivity contribution in [2.45, 2.75) is 32.9 Å². The van der Waals surface area contributed by atoms with Crippen LogP contribution in [0, 0.1) is 5.82 Å². The molecule has 27 heavy (non-hydrogen) atoms. The van der Waals surface area contributed by atoms with Gasteiger partial charge in [-0.05, 0) is 38.0 Å². The number of pyridine rings is 1. The van der Waals surface area contributed by atoms with E-state index in [0.29, 0.717) is 18.3 Å². The molecule has 5 nitrogen and oxygen atoms in total. The van der Waals surface area contributed by atoms with Gasteiger partial charge in [-0.3, -0.25) is 4.98 Å². The largest absolute Gasteiger partial charge is 0.374 e. The monoisotopic (exact) mass is 486 g/mol. The molecule has 0 aliphatic rings. The molecular weight excluding hydrogens is 458 g/mol. The summed E-state index contributed by atoms with van der Waals surface area (Å²) in [4.78, 5) is 8.39. The maximum absolute atomic E-state index is 13.6. The first kappa shape index (κ1) is 23.3. The molecule has 0 amide bonds. The zero-order chi connectivity index (χ0) is 18.6. The minimum atomic E-state index is -0.338. The number of ether oxygens (including phenoxy) is 1. The number of hydrogen-bond donors (Lipinski definition) is 2. The van der Waals surface area contributed by atoms with E-state index in [2.05, 4.69) is 39.7 Å². The lowest BCUT2D eigenvalue weighted by Gasteiger charge is -2.14. The van der Waals surface area contributed by atoms with E-state index in [-0.39, 0.29) is 42.4 Å². The van der Waals surface area contributed by atoms with Crippen molar-refractivity contribution in [2.24, 2.45) is 4.99 Å². The molecule has 2 N–H and O–H groups in total. The lowest BCUT2D eigenvalue weighted by atomic mass is 10.1. The van der Waals surface area contributed by atoms with Crippen molar-refractivity contribution in [3.63, 3.8) is 0 Å². The highest BCUT2D eigenvalue weighted by molar-refractivity contribution is 14.0. The van der Waals surface area contributed by atoms with Gasteiger partial charge in [-0.15, -0.1) is 24.0 Å². The summed E-state index contributed by atoms with van der Waals surface area (Å²) in [6, 6.07) is 13.1. The summed E-state index contributed by atoms with van der Waals surface area (Å²) in [6.07, 6.45) is 2.49. The maximum atomic E-state index is 13.6. The number of benzene rings is 1. The SMILES string of the molecule is CCNC(=NCc1ncccc1F)NCCCOC(C)c1ccccc1.I. The van der Waals surface area contributed by atoms with Crippen molar-refractivity contribution >= 4 is 29.9 Å². The summed E-state index contributed by atoms with van der Waals surface area (Å²) in [5.74, 6) is 0.309. The Morgan fingerprint density at radius 3 is 2.67 bits per heavy atom. The van der Waals surface area contributed by atoms with Crippen LogP contribution in [0.15, 0.2) is 53.7 Å². The zero-order valence-corrected chi connectivity index (χ0v) is 18.2. The Balaban J connectivity index is 0.00000364. The van der Waals surface area contributed by atoms with Gasteiger partial charge in [-0.2, -0.15) is 0 Å². The van der Waals surface area contributed by atoms with Crippen LogP contribution in [0.3, 0.4) is 0 Å². The lowest BCUT2D eigenvalue weighted by molar-refractivity contribution is 0.0646. The number of aromatic nitrogens is 1. The summed E-state index contributed by atoms with van der Waals surface area (Å²) in [6.45, 7) is 6.34. The van der Waals surface area contributed by atoms with Crippen molar-refractivity contribution in [1.29, 1.82) is 0 Å². The van der Waals surface area contributed by atoms with Gasteiger partial charge in [0.05, 0.1) is 18.3 Å². The minimum absolute atomic E-state index is 0. The Morgan fingerprint density at radius 2 is 1.96 bits per heavy atom. The fourth-order valence-corrected chi connectivity index (χ4v) is 2.39. The molecule has 0 aliphatic heterocycles. The molecule has 1 aromatic carbocycles. The molecule has 0 spiro atoms. The van der Waals surface area contributed by atoms with Crippen LogP contribution in [0.2, 0.25) is 0 Å². The smallest absolute Gasteiger partial charge is 0.191 e. The molecule has 1 aromatic heterocycles. The van der Waals surface area contributed by atoms with Crippen molar-refractivity contribution in [3.05, 3.63) is 65.7 Å². The summed E-state index contributed by atoms with van der Waals surface area (Å²) in [5, 5.41) is 6.38. The van der Waals surface area contributed by atoms with Crippen LogP contribution in [0.1, 0.15) is 37.6 Å². The number of hydrogen-bond acceptors (Lipinski definition) is 3. The molecule has 7 heteroatoms. The van der Waals surface area contributed by atoms with E-state index in [1.54, 1.807) is 12.3 Å². The molecule has 0 bridgehead atoms. The van der Waals surface area contributed by atoms with Crippen LogP contribution in [0.4, 0.5) is 4.39 Å². The number of guanidine groups is 1. The van der Waals surface area contributed by atoms with Crippen LogP contribution in [0.25, 0.3) is 0 Å². The molecule has 0 aliphatic carbocycles. The molecule has 2 rings (SSSR count). The summed E-state index contributed by atoms with van der Waals surface area (Å²) < 4.78 is 19.5. The van der Waals surface area contributed by atoms with E-state index >= 15 is 0 Å². The first-order chi connectivity index (χ1) is 12.7. The fraction of sp³-hybridized carbons (Fsp3) is 0.400. The Labute approximate surface area is 177 Å². The molecule has 0 fully saturated rings. The molecule has 1 heterocycles. The Bertz CT molecular complexity index is 685. The van der Waals surface area contributed by atoms with Gasteiger partial charge in [0.15, 0.2) is 5.96 Å². The molecule has 0 radical (unpaired) electrons. The molecule has 1 atom stereocenters. The van der Waals surface area contributed by atoms with Crippen molar-refractivity contribution in [2.75, 3.05) is 19.7 Å². The highest BCUT2D eigenvalue weighted by atomic mass is 127. The third-order valence-corrected chi connectivity index (χ3v) is 3.82. The average molecular weight is 486 g/mol. The van der Waals surface area contributed by atoms with Gasteiger partial charge in [0.25, 0.3) is 0 Å². The molecule has 2 aromatic rings. The van der Waals surface area contributed by atoms with E-state index in [1.807, 2.05) is 25.1 Å². The van der Waals surface area contributed by atoms with Crippen LogP contribution in [0.5, 0.6) is 0 Å². The third kappa shape index (κ3) is 8.66. The van der Waals surface area contributed by atoms with Gasteiger partial charge in [0.1, 0.15) is 5.82 Å². The van der Waals surface area contributed by atoms with Crippen molar-refractivity contribution in [1.82, 2.24) is 15.6 Å². The van der Waals surface area contributed by atoms with Gasteiger partial charge in [-0.25, -0.2) is 9.38 Å². The van der Waals surface area contributed by atoms with Crippen LogP contribution >= 0.6 is 24.0 Å². The molecule has 148 valence electrons. The predicted octanol–water partition coefficient (Wildman–Crippen LogP) is 4.06. The predicted molar refractivity (Wildman–Crippen MR) is 118 cm³/mol. The van der Waals surface area contributed by atoms with Gasteiger partial charge in [0, 0.05) is 25.9 Å². The second-order valence-electron chi connectivity index (χ2n) is 5.83. The van der Waals surface area contributed by atoms with Gasteiger partial charge in [0.2, 0.25) is 0 Å². The fourth-order valence-electron chi connectivity index (χ4n) is 2.39. The zero-order valence-electron chi connectivity index (χ0n) is 15.8. The summed E-state index contributed by atoms with van der Waals surface area (Å²) in [5.41, 5.74) is 1.51. The van der Waals surface area contributed by atoms with E-state index < -0.39 is 0 Å². The standard InChI is InChI=1S/C20H27FN4O.HI/c1-3-22-20(25-15-19-18(21)11-7-12-23-19)24-13-8-14-26-16(2)17-9-5-4-6-10-17;/h4-7,9-12,16H,3,8,13-15H2,1-2H3,(H2,22,24,25);1H. The Kier molecular flexibility index (Phi) is 11.6. The Morgan fingerprint density at radius 1 is 1.19 bits per heavy atom. The Hall–Kier alpha value is -1.74. The first-order valence-corrected chi connectivity index (χ1v) is 8.98. The minimum Gasteiger partial charge on any atom is -0.374 e. The second-order valence-corrected chi connectivity index (χ2v) is 5.83. The van der Waals surface area contributed by atoms with Crippen LogP contribution < -0.4 is 10.6 Å². The normalized spacial score (nSPS) is 12.2. The number of nitrogens with zero attached hydrogens (tertiary/aromatic N) is 2. The number of rotatable bonds is 9. The number of aliphatic imine (C=N–C) groups is 1. The molecule has 0 saturated heterocycles. The van der Waals surface area contributed by atoms with Gasteiger partial charge < -0.3 is 15.4 Å². The topological polar surface area (TPSA) is 58.5 Å². The summed E-state index contributed by atoms with van der Waals surface area (Å²) in [7, 11) is 0. The quantitative estimate of drug-likeness (QED) is 0.243. The average Bonchev–Trinajstić information content (AvgIpc) is 2.67. The third-order valence-electron chi connectivity index (χ3n) is 3.82. The lowest BCUT2D eigenvalue weighted by Crippen LogP contribution is -2.38. The maximum Gasteiger partial charge on any atom is 0.191 e. The van der Waals surface area contributed by atoms with E-state index in [1.165, 1.54) is 11.6 Å². The van der Waals surface area contributed by atoms with Crippen molar-refractivity contribution < 1.29 is 9.13 Å². The number of halogens is 2. The second kappa shape index (κ2) is 13.4. The molecule has 1 unspecified atom stereocenters. The highest BCUT2D eigenvalue weighted by Crippen LogP contribution is 2.15. The van der Waals surface area contributed by atoms with Gasteiger partial charge in [-0.1, -0.05) is 30.3 Å². The first-order valence-electron chi connectivity index (χ1n) is 8.98. The summed E-state index contributed by atoms with van der Waals surface area (Å²) >= 11 is 0.